The summed E-state index contributed by atoms with van der Waals surface area (Å²) < 4.78 is 0. The van der Waals surface area contributed by atoms with E-state index in [0.717, 1.165) is 18.8 Å². The summed E-state index contributed by atoms with van der Waals surface area (Å²) in [6.07, 6.45) is 0. The molecule has 0 heterocycles. The van der Waals surface area contributed by atoms with Crippen LogP contribution in [-0.2, 0) is 0 Å². The van der Waals surface area contributed by atoms with Crippen LogP contribution in [0.1, 0.15) is 31.1 Å². The van der Waals surface area contributed by atoms with Gasteiger partial charge in [0.15, 0.2) is 5.78 Å². The maximum Gasteiger partial charge on any atom is 0.159 e. The van der Waals surface area contributed by atoms with Crippen molar-refractivity contribution in [2.24, 2.45) is 0 Å². The molecule has 88 valence electrons. The first kappa shape index (κ1) is 13.3. The van der Waals surface area contributed by atoms with Gasteiger partial charge in [-0.05, 0) is 32.9 Å². The van der Waals surface area contributed by atoms with E-state index in [4.69, 9.17) is 23.2 Å². The summed E-state index contributed by atoms with van der Waals surface area (Å²) in [5.41, 5.74) is 1.35. The highest BCUT2D eigenvalue weighted by molar-refractivity contribution is 6.39. The molecule has 1 rings (SSSR count). The summed E-state index contributed by atoms with van der Waals surface area (Å²) in [6.45, 7) is 7.23. The van der Waals surface area contributed by atoms with Crippen molar-refractivity contribution in [3.63, 3.8) is 0 Å². The summed E-state index contributed by atoms with van der Waals surface area (Å²) in [7, 11) is 0. The number of carbonyl (C=O) groups is 1. The van der Waals surface area contributed by atoms with Gasteiger partial charge in [-0.1, -0.05) is 23.2 Å². The fourth-order valence-corrected chi connectivity index (χ4v) is 2.34. The van der Waals surface area contributed by atoms with Gasteiger partial charge in [-0.3, -0.25) is 4.79 Å². The first-order valence-corrected chi connectivity index (χ1v) is 6.01. The van der Waals surface area contributed by atoms with Gasteiger partial charge in [-0.2, -0.15) is 0 Å². The number of anilines is 1. The molecule has 0 amide bonds. The standard InChI is InChI=1S/C12H15Cl2NO/c1-4-15(5-2)12-10(13)6-9(8(3)16)7-11(12)14/h6-7H,4-5H2,1-3H3. The van der Waals surface area contributed by atoms with Crippen LogP contribution in [0.25, 0.3) is 0 Å². The molecule has 1 aromatic carbocycles. The SMILES string of the molecule is CCN(CC)c1c(Cl)cc(C(C)=O)cc1Cl. The van der Waals surface area contributed by atoms with Crippen molar-refractivity contribution in [2.75, 3.05) is 18.0 Å². The molecule has 0 spiro atoms. The van der Waals surface area contributed by atoms with Gasteiger partial charge in [-0.25, -0.2) is 0 Å². The zero-order valence-corrected chi connectivity index (χ0v) is 11.2. The number of hydrogen-bond acceptors (Lipinski definition) is 2. The minimum Gasteiger partial charge on any atom is -0.370 e. The summed E-state index contributed by atoms with van der Waals surface area (Å²) >= 11 is 12.3. The molecule has 16 heavy (non-hydrogen) atoms. The lowest BCUT2D eigenvalue weighted by Gasteiger charge is -2.23. The molecule has 0 N–H and O–H groups in total. The number of carbonyl (C=O) groups excluding carboxylic acids is 1. The summed E-state index contributed by atoms with van der Waals surface area (Å²) in [4.78, 5) is 13.3. The summed E-state index contributed by atoms with van der Waals surface area (Å²) in [5.74, 6) is -0.0325. The number of benzene rings is 1. The van der Waals surface area contributed by atoms with E-state index < -0.39 is 0 Å². The highest BCUT2D eigenvalue weighted by Gasteiger charge is 2.14. The van der Waals surface area contributed by atoms with Crippen LogP contribution in [0.5, 0.6) is 0 Å². The van der Waals surface area contributed by atoms with Crippen molar-refractivity contribution < 1.29 is 4.79 Å². The second-order valence-electron chi connectivity index (χ2n) is 3.52. The molecular formula is C12H15Cl2NO. The Kier molecular flexibility index (Phi) is 4.63. The number of Topliss-reactive ketones (excluding diaryl/α,β-unsaturated/α-hetero) is 1. The highest BCUT2D eigenvalue weighted by Crippen LogP contribution is 2.35. The second kappa shape index (κ2) is 5.55. The van der Waals surface area contributed by atoms with Crippen LogP contribution in [-0.4, -0.2) is 18.9 Å². The predicted octanol–water partition coefficient (Wildman–Crippen LogP) is 4.04. The van der Waals surface area contributed by atoms with Crippen LogP contribution in [0.15, 0.2) is 12.1 Å². The maximum atomic E-state index is 11.2. The molecule has 4 heteroatoms. The zero-order chi connectivity index (χ0) is 12.3. The van der Waals surface area contributed by atoms with Gasteiger partial charge < -0.3 is 4.90 Å². The number of nitrogens with zero attached hydrogens (tertiary/aromatic N) is 1. The molecule has 1 aromatic rings. The van der Waals surface area contributed by atoms with Gasteiger partial charge in [0.05, 0.1) is 15.7 Å². The first-order valence-electron chi connectivity index (χ1n) is 5.26. The molecule has 0 saturated carbocycles. The third kappa shape index (κ3) is 2.69. The summed E-state index contributed by atoms with van der Waals surface area (Å²) in [6, 6.07) is 3.34. The van der Waals surface area contributed by atoms with E-state index in [0.29, 0.717) is 15.6 Å². The lowest BCUT2D eigenvalue weighted by molar-refractivity contribution is 0.101. The van der Waals surface area contributed by atoms with Crippen molar-refractivity contribution in [1.82, 2.24) is 0 Å². The highest BCUT2D eigenvalue weighted by atomic mass is 35.5. The monoisotopic (exact) mass is 259 g/mol. The Morgan fingerprint density at radius 3 is 1.94 bits per heavy atom. The molecule has 2 nitrogen and oxygen atoms in total. The van der Waals surface area contributed by atoms with Crippen molar-refractivity contribution in [2.45, 2.75) is 20.8 Å². The van der Waals surface area contributed by atoms with Gasteiger partial charge in [0.2, 0.25) is 0 Å². The van der Waals surface area contributed by atoms with Crippen molar-refractivity contribution >= 4 is 34.7 Å². The Balaban J connectivity index is 3.26. The molecule has 0 atom stereocenters. The van der Waals surface area contributed by atoms with Crippen molar-refractivity contribution in [1.29, 1.82) is 0 Å². The number of rotatable bonds is 4. The average Bonchev–Trinajstić information content (AvgIpc) is 2.22. The van der Waals surface area contributed by atoms with Crippen LogP contribution in [0.4, 0.5) is 5.69 Å². The predicted molar refractivity (Wildman–Crippen MR) is 70.0 cm³/mol. The van der Waals surface area contributed by atoms with Gasteiger partial charge in [-0.15, -0.1) is 0 Å². The third-order valence-electron chi connectivity index (χ3n) is 2.50. The normalized spacial score (nSPS) is 10.3. The molecule has 0 unspecified atom stereocenters. The molecule has 0 saturated heterocycles. The largest absolute Gasteiger partial charge is 0.370 e. The Morgan fingerprint density at radius 1 is 1.19 bits per heavy atom. The van der Waals surface area contributed by atoms with E-state index in [1.807, 2.05) is 13.8 Å². The summed E-state index contributed by atoms with van der Waals surface area (Å²) in [5, 5.41) is 1.06. The topological polar surface area (TPSA) is 20.3 Å². The van der Waals surface area contributed by atoms with Crippen LogP contribution < -0.4 is 4.90 Å². The molecule has 0 aromatic heterocycles. The molecule has 0 aliphatic heterocycles. The maximum absolute atomic E-state index is 11.2. The van der Waals surface area contributed by atoms with Crippen LogP contribution >= 0.6 is 23.2 Å². The van der Waals surface area contributed by atoms with Crippen LogP contribution in [0, 0.1) is 0 Å². The van der Waals surface area contributed by atoms with Crippen molar-refractivity contribution in [3.8, 4) is 0 Å². The minimum atomic E-state index is -0.0325. The first-order chi connectivity index (χ1) is 7.51. The Bertz CT molecular complexity index is 377. The van der Waals surface area contributed by atoms with Crippen molar-refractivity contribution in [3.05, 3.63) is 27.7 Å². The van der Waals surface area contributed by atoms with E-state index in [-0.39, 0.29) is 5.78 Å². The Morgan fingerprint density at radius 2 is 1.62 bits per heavy atom. The molecular weight excluding hydrogens is 245 g/mol. The lowest BCUT2D eigenvalue weighted by Crippen LogP contribution is -2.22. The van der Waals surface area contributed by atoms with Crippen LogP contribution in [0.3, 0.4) is 0 Å². The lowest BCUT2D eigenvalue weighted by atomic mass is 10.1. The smallest absolute Gasteiger partial charge is 0.159 e. The molecule has 0 fully saturated rings. The van der Waals surface area contributed by atoms with E-state index in [1.165, 1.54) is 6.92 Å². The fourth-order valence-electron chi connectivity index (χ4n) is 1.61. The van der Waals surface area contributed by atoms with E-state index in [2.05, 4.69) is 4.90 Å². The Hall–Kier alpha value is -0.730. The van der Waals surface area contributed by atoms with Crippen LogP contribution in [0.2, 0.25) is 10.0 Å². The van der Waals surface area contributed by atoms with E-state index >= 15 is 0 Å². The number of hydrogen-bond donors (Lipinski definition) is 0. The number of halogens is 2. The molecule has 0 bridgehead atoms. The third-order valence-corrected chi connectivity index (χ3v) is 3.08. The Labute approximate surface area is 106 Å². The van der Waals surface area contributed by atoms with Gasteiger partial charge in [0.25, 0.3) is 0 Å². The molecule has 0 radical (unpaired) electrons. The molecule has 0 aliphatic carbocycles. The van der Waals surface area contributed by atoms with Gasteiger partial charge >= 0.3 is 0 Å². The number of ketones is 1. The van der Waals surface area contributed by atoms with Gasteiger partial charge in [0.1, 0.15) is 0 Å². The quantitative estimate of drug-likeness (QED) is 0.761. The minimum absolute atomic E-state index is 0.0325. The molecule has 0 aliphatic rings. The second-order valence-corrected chi connectivity index (χ2v) is 4.33. The fraction of sp³-hybridized carbons (Fsp3) is 0.417. The average molecular weight is 260 g/mol. The van der Waals surface area contributed by atoms with Gasteiger partial charge in [0, 0.05) is 18.7 Å². The van der Waals surface area contributed by atoms with E-state index in [1.54, 1.807) is 12.1 Å². The zero-order valence-electron chi connectivity index (χ0n) is 9.68. The van der Waals surface area contributed by atoms with E-state index in [9.17, 15) is 4.79 Å².